The highest BCUT2D eigenvalue weighted by atomic mass is 16.3. The van der Waals surface area contributed by atoms with E-state index in [-0.39, 0.29) is 0 Å². The van der Waals surface area contributed by atoms with Crippen molar-refractivity contribution in [1.82, 2.24) is 24.3 Å². The molecule has 3 heterocycles. The van der Waals surface area contributed by atoms with Crippen molar-refractivity contribution >= 4 is 21.9 Å². The van der Waals surface area contributed by atoms with Crippen LogP contribution in [0.2, 0.25) is 0 Å². The Hall–Kier alpha value is -3.41. The molecule has 0 unspecified atom stereocenters. The van der Waals surface area contributed by atoms with Crippen LogP contribution in [-0.4, -0.2) is 24.3 Å². The lowest BCUT2D eigenvalue weighted by atomic mass is 10.1. The number of imidazole rings is 1. The summed E-state index contributed by atoms with van der Waals surface area (Å²) in [5, 5.41) is 9.92. The first-order chi connectivity index (χ1) is 12.4. The fraction of sp³-hybridized carbons (Fsp3) is 0.105. The van der Waals surface area contributed by atoms with Crippen molar-refractivity contribution in [3.8, 4) is 11.4 Å². The second kappa shape index (κ2) is 5.59. The average Bonchev–Trinajstić information content (AvgIpc) is 3.38. The van der Waals surface area contributed by atoms with E-state index in [1.807, 2.05) is 35.2 Å². The van der Waals surface area contributed by atoms with Crippen LogP contribution < -0.4 is 0 Å². The van der Waals surface area contributed by atoms with Crippen molar-refractivity contribution in [3.05, 3.63) is 67.5 Å². The maximum absolute atomic E-state index is 6.13. The van der Waals surface area contributed by atoms with Crippen LogP contribution in [0.15, 0.2) is 71.9 Å². The monoisotopic (exact) mass is 329 g/mol. The lowest BCUT2D eigenvalue weighted by Crippen LogP contribution is -2.06. The van der Waals surface area contributed by atoms with E-state index in [1.54, 1.807) is 12.7 Å². The predicted molar refractivity (Wildman–Crippen MR) is 95.0 cm³/mol. The van der Waals surface area contributed by atoms with Gasteiger partial charge in [0.05, 0.1) is 5.56 Å². The van der Waals surface area contributed by atoms with E-state index in [2.05, 4.69) is 44.0 Å². The fourth-order valence-electron chi connectivity index (χ4n) is 3.22. The fourth-order valence-corrected chi connectivity index (χ4v) is 3.22. The summed E-state index contributed by atoms with van der Waals surface area (Å²) in [5.41, 5.74) is 2.77. The topological polar surface area (TPSA) is 61.7 Å². The molecule has 2 aromatic carbocycles. The van der Waals surface area contributed by atoms with E-state index in [0.29, 0.717) is 0 Å². The van der Waals surface area contributed by atoms with E-state index in [1.165, 1.54) is 0 Å². The summed E-state index contributed by atoms with van der Waals surface area (Å²) in [6.45, 7) is 1.57. The zero-order valence-electron chi connectivity index (χ0n) is 13.4. The van der Waals surface area contributed by atoms with Crippen LogP contribution in [0.25, 0.3) is 33.3 Å². The Morgan fingerprint density at radius 3 is 2.64 bits per heavy atom. The number of benzene rings is 2. The van der Waals surface area contributed by atoms with E-state index in [0.717, 1.165) is 46.4 Å². The Balaban J connectivity index is 1.61. The maximum atomic E-state index is 6.13. The van der Waals surface area contributed by atoms with E-state index in [9.17, 15) is 0 Å². The van der Waals surface area contributed by atoms with Crippen molar-refractivity contribution in [3.63, 3.8) is 0 Å². The number of furan rings is 1. The summed E-state index contributed by atoms with van der Waals surface area (Å²) >= 11 is 0. The highest BCUT2D eigenvalue weighted by Gasteiger charge is 2.15. The summed E-state index contributed by atoms with van der Waals surface area (Å²) in [5.74, 6) is 0.901. The van der Waals surface area contributed by atoms with Gasteiger partial charge in [0, 0.05) is 36.3 Å². The summed E-state index contributed by atoms with van der Waals surface area (Å²) in [7, 11) is 0. The van der Waals surface area contributed by atoms with E-state index < -0.39 is 0 Å². The molecule has 0 atom stereocenters. The zero-order chi connectivity index (χ0) is 16.6. The molecule has 0 aliphatic heterocycles. The van der Waals surface area contributed by atoms with Gasteiger partial charge in [-0.2, -0.15) is 0 Å². The van der Waals surface area contributed by atoms with Gasteiger partial charge in [0.15, 0.2) is 0 Å². The molecule has 0 spiro atoms. The second-order valence-corrected chi connectivity index (χ2v) is 5.92. The Labute approximate surface area is 143 Å². The molecule has 6 nitrogen and oxygen atoms in total. The molecule has 0 amide bonds. The van der Waals surface area contributed by atoms with Crippen LogP contribution in [0.3, 0.4) is 0 Å². The zero-order valence-corrected chi connectivity index (χ0v) is 13.4. The largest absolute Gasteiger partial charge is 0.455 e. The molecule has 6 heteroatoms. The highest BCUT2D eigenvalue weighted by molar-refractivity contribution is 6.08. The minimum absolute atomic E-state index is 0.782. The molecule has 0 saturated heterocycles. The van der Waals surface area contributed by atoms with Gasteiger partial charge in [0.1, 0.15) is 29.6 Å². The number of nitrogens with zero attached hydrogens (tertiary/aromatic N) is 5. The number of aromatic nitrogens is 5. The van der Waals surface area contributed by atoms with Gasteiger partial charge in [-0.25, -0.2) is 4.98 Å². The third-order valence-corrected chi connectivity index (χ3v) is 4.43. The lowest BCUT2D eigenvalue weighted by Gasteiger charge is -2.08. The van der Waals surface area contributed by atoms with Crippen molar-refractivity contribution in [2.45, 2.75) is 13.1 Å². The van der Waals surface area contributed by atoms with Gasteiger partial charge < -0.3 is 13.6 Å². The average molecular weight is 329 g/mol. The molecule has 0 radical (unpaired) electrons. The van der Waals surface area contributed by atoms with Crippen molar-refractivity contribution < 1.29 is 4.42 Å². The van der Waals surface area contributed by atoms with Gasteiger partial charge >= 0.3 is 0 Å². The van der Waals surface area contributed by atoms with Crippen molar-refractivity contribution in [2.75, 3.05) is 0 Å². The third kappa shape index (κ3) is 2.30. The summed E-state index contributed by atoms with van der Waals surface area (Å²) in [6, 6.07) is 14.3. The molecule has 5 rings (SSSR count). The summed E-state index contributed by atoms with van der Waals surface area (Å²) < 4.78 is 10.2. The van der Waals surface area contributed by atoms with Crippen LogP contribution in [0.5, 0.6) is 0 Å². The van der Waals surface area contributed by atoms with Crippen LogP contribution >= 0.6 is 0 Å². The molecule has 25 heavy (non-hydrogen) atoms. The Morgan fingerprint density at radius 1 is 0.880 bits per heavy atom. The van der Waals surface area contributed by atoms with E-state index in [4.69, 9.17) is 4.42 Å². The molecule has 0 fully saturated rings. The van der Waals surface area contributed by atoms with Crippen LogP contribution in [0.4, 0.5) is 0 Å². The molecule has 122 valence electrons. The van der Waals surface area contributed by atoms with Crippen LogP contribution in [0.1, 0.15) is 0 Å². The molecule has 3 aromatic heterocycles. The van der Waals surface area contributed by atoms with Gasteiger partial charge in [-0.05, 0) is 12.1 Å². The number of fused-ring (bicyclic) bond motifs is 3. The van der Waals surface area contributed by atoms with Gasteiger partial charge in [-0.3, -0.25) is 0 Å². The minimum atomic E-state index is 0.782. The summed E-state index contributed by atoms with van der Waals surface area (Å²) in [6.07, 6.45) is 7.25. The predicted octanol–water partition coefficient (Wildman–Crippen LogP) is 3.74. The lowest BCUT2D eigenvalue weighted by molar-refractivity contribution is 0.580. The first kappa shape index (κ1) is 14.0. The first-order valence-electron chi connectivity index (χ1n) is 8.14. The van der Waals surface area contributed by atoms with E-state index >= 15 is 0 Å². The number of hydrogen-bond donors (Lipinski definition) is 0. The minimum Gasteiger partial charge on any atom is -0.455 e. The standard InChI is InChI=1S/C19H15N5O/c1-2-7-17-14(4-1)15-5-3-6-16(18(15)25-17)19-20-8-9-24(19)11-10-23-12-21-22-13-23/h1-9,12-13H,10-11H2. The van der Waals surface area contributed by atoms with Crippen LogP contribution in [-0.2, 0) is 13.1 Å². The molecular formula is C19H15N5O. The van der Waals surface area contributed by atoms with Gasteiger partial charge in [0.2, 0.25) is 0 Å². The molecular weight excluding hydrogens is 314 g/mol. The van der Waals surface area contributed by atoms with Gasteiger partial charge in [-0.15, -0.1) is 10.2 Å². The molecule has 0 aliphatic carbocycles. The SMILES string of the molecule is c1ccc2c(c1)oc1c(-c3nccn3CCn3cnnc3)cccc12. The van der Waals surface area contributed by atoms with Crippen LogP contribution in [0, 0.1) is 0 Å². The normalized spacial score (nSPS) is 11.5. The highest BCUT2D eigenvalue weighted by Crippen LogP contribution is 2.34. The third-order valence-electron chi connectivity index (χ3n) is 4.43. The molecule has 0 N–H and O–H groups in total. The van der Waals surface area contributed by atoms with Crippen molar-refractivity contribution in [1.29, 1.82) is 0 Å². The van der Waals surface area contributed by atoms with Gasteiger partial charge in [0.25, 0.3) is 0 Å². The Kier molecular flexibility index (Phi) is 3.13. The Morgan fingerprint density at radius 2 is 1.72 bits per heavy atom. The molecule has 0 saturated carbocycles. The second-order valence-electron chi connectivity index (χ2n) is 5.92. The number of aryl methyl sites for hydroxylation is 2. The quantitative estimate of drug-likeness (QED) is 0.504. The summed E-state index contributed by atoms with van der Waals surface area (Å²) in [4.78, 5) is 4.57. The number of para-hydroxylation sites is 2. The number of hydrogen-bond acceptors (Lipinski definition) is 4. The number of rotatable bonds is 4. The molecule has 0 bridgehead atoms. The maximum Gasteiger partial charge on any atom is 0.146 e. The molecule has 0 aliphatic rings. The Bertz CT molecular complexity index is 1150. The first-order valence-corrected chi connectivity index (χ1v) is 8.14. The smallest absolute Gasteiger partial charge is 0.146 e. The van der Waals surface area contributed by atoms with Gasteiger partial charge in [-0.1, -0.05) is 30.3 Å². The van der Waals surface area contributed by atoms with Crippen molar-refractivity contribution in [2.24, 2.45) is 0 Å². The molecule has 5 aromatic rings.